The second-order valence-corrected chi connectivity index (χ2v) is 4.02. The summed E-state index contributed by atoms with van der Waals surface area (Å²) in [6.45, 7) is 0. The van der Waals surface area contributed by atoms with Crippen LogP contribution in [0, 0.1) is 0 Å². The van der Waals surface area contributed by atoms with E-state index in [-0.39, 0.29) is 0 Å². The van der Waals surface area contributed by atoms with Crippen molar-refractivity contribution in [2.45, 2.75) is 6.42 Å². The summed E-state index contributed by atoms with van der Waals surface area (Å²) in [5.74, 6) is 0. The van der Waals surface area contributed by atoms with Gasteiger partial charge < -0.3 is 0 Å². The van der Waals surface area contributed by atoms with Crippen molar-refractivity contribution >= 4 is 22.1 Å². The summed E-state index contributed by atoms with van der Waals surface area (Å²) in [7, 11) is 0. The van der Waals surface area contributed by atoms with Crippen LogP contribution < -0.4 is 0 Å². The van der Waals surface area contributed by atoms with E-state index in [9.17, 15) is 0 Å². The van der Waals surface area contributed by atoms with Gasteiger partial charge in [-0.2, -0.15) is 5.10 Å². The SMILES string of the molecule is BrCCc1ccccc1/C=N\n1cnnc1. The van der Waals surface area contributed by atoms with Gasteiger partial charge in [-0.05, 0) is 17.5 Å². The topological polar surface area (TPSA) is 43.1 Å². The molecule has 0 amide bonds. The summed E-state index contributed by atoms with van der Waals surface area (Å²) in [6.07, 6.45) is 5.93. The molecular weight excluding hydrogens is 268 g/mol. The smallest absolute Gasteiger partial charge is 0.141 e. The molecule has 4 nitrogen and oxygen atoms in total. The lowest BCUT2D eigenvalue weighted by Crippen LogP contribution is -1.95. The fraction of sp³-hybridized carbons (Fsp3) is 0.182. The van der Waals surface area contributed by atoms with Crippen LogP contribution in [0.3, 0.4) is 0 Å². The minimum absolute atomic E-state index is 0.949. The minimum atomic E-state index is 0.949. The summed E-state index contributed by atoms with van der Waals surface area (Å²) in [6, 6.07) is 8.19. The van der Waals surface area contributed by atoms with E-state index in [0.717, 1.165) is 17.3 Å². The van der Waals surface area contributed by atoms with E-state index in [1.807, 2.05) is 24.4 Å². The largest absolute Gasteiger partial charge is 0.208 e. The molecule has 0 bridgehead atoms. The normalized spacial score (nSPS) is 11.1. The number of aryl methyl sites for hydroxylation is 1. The number of benzene rings is 1. The highest BCUT2D eigenvalue weighted by atomic mass is 79.9. The molecule has 0 unspecified atom stereocenters. The zero-order chi connectivity index (χ0) is 11.2. The van der Waals surface area contributed by atoms with Crippen LogP contribution in [0.5, 0.6) is 0 Å². The zero-order valence-corrected chi connectivity index (χ0v) is 10.2. The third-order valence-corrected chi connectivity index (χ3v) is 2.55. The molecule has 0 saturated heterocycles. The lowest BCUT2D eigenvalue weighted by molar-refractivity contribution is 0.878. The van der Waals surface area contributed by atoms with Crippen molar-refractivity contribution in [1.82, 2.24) is 14.9 Å². The molecule has 0 spiro atoms. The number of hydrogen-bond acceptors (Lipinski definition) is 3. The monoisotopic (exact) mass is 278 g/mol. The predicted molar refractivity (Wildman–Crippen MR) is 67.0 cm³/mol. The first-order chi connectivity index (χ1) is 7.90. The van der Waals surface area contributed by atoms with Crippen molar-refractivity contribution in [2.75, 3.05) is 5.33 Å². The molecule has 5 heteroatoms. The van der Waals surface area contributed by atoms with Gasteiger partial charge in [0.05, 0.1) is 6.21 Å². The van der Waals surface area contributed by atoms with Gasteiger partial charge in [0.15, 0.2) is 0 Å². The Morgan fingerprint density at radius 2 is 2.00 bits per heavy atom. The molecule has 0 radical (unpaired) electrons. The molecule has 82 valence electrons. The fourth-order valence-corrected chi connectivity index (χ4v) is 1.80. The van der Waals surface area contributed by atoms with Crippen molar-refractivity contribution < 1.29 is 0 Å². The lowest BCUT2D eigenvalue weighted by atomic mass is 10.1. The number of rotatable bonds is 4. The Hall–Kier alpha value is -1.49. The van der Waals surface area contributed by atoms with E-state index in [1.54, 1.807) is 17.3 Å². The quantitative estimate of drug-likeness (QED) is 0.635. The summed E-state index contributed by atoms with van der Waals surface area (Å²) >= 11 is 3.44. The molecule has 0 aliphatic rings. The highest BCUT2D eigenvalue weighted by Gasteiger charge is 1.97. The predicted octanol–water partition coefficient (Wildman–Crippen LogP) is 2.10. The van der Waals surface area contributed by atoms with Crippen LogP contribution in [-0.4, -0.2) is 26.4 Å². The Balaban J connectivity index is 2.20. The number of aromatic nitrogens is 3. The van der Waals surface area contributed by atoms with E-state index in [1.165, 1.54) is 5.56 Å². The van der Waals surface area contributed by atoms with Crippen LogP contribution >= 0.6 is 15.9 Å². The Bertz CT molecular complexity index is 465. The van der Waals surface area contributed by atoms with Crippen molar-refractivity contribution in [2.24, 2.45) is 5.10 Å². The van der Waals surface area contributed by atoms with Crippen LogP contribution in [0.15, 0.2) is 42.0 Å². The average molecular weight is 279 g/mol. The molecule has 0 N–H and O–H groups in total. The van der Waals surface area contributed by atoms with Crippen LogP contribution in [0.4, 0.5) is 0 Å². The van der Waals surface area contributed by atoms with Gasteiger partial charge >= 0.3 is 0 Å². The third kappa shape index (κ3) is 2.76. The van der Waals surface area contributed by atoms with Gasteiger partial charge in [-0.3, -0.25) is 0 Å². The van der Waals surface area contributed by atoms with E-state index in [4.69, 9.17) is 0 Å². The summed E-state index contributed by atoms with van der Waals surface area (Å²) in [5, 5.41) is 12.5. The van der Waals surface area contributed by atoms with Gasteiger partial charge in [0.2, 0.25) is 0 Å². The molecule has 16 heavy (non-hydrogen) atoms. The van der Waals surface area contributed by atoms with Gasteiger partial charge in [-0.25, -0.2) is 4.68 Å². The van der Waals surface area contributed by atoms with Gasteiger partial charge in [-0.15, -0.1) is 10.2 Å². The first kappa shape index (κ1) is 11.0. The molecule has 0 saturated carbocycles. The van der Waals surface area contributed by atoms with Crippen LogP contribution in [0.1, 0.15) is 11.1 Å². The molecule has 2 rings (SSSR count). The van der Waals surface area contributed by atoms with E-state index in [0.29, 0.717) is 0 Å². The summed E-state index contributed by atoms with van der Waals surface area (Å²) in [5.41, 5.74) is 2.40. The Morgan fingerprint density at radius 3 is 2.75 bits per heavy atom. The highest BCUT2D eigenvalue weighted by molar-refractivity contribution is 9.09. The molecule has 1 aromatic carbocycles. The van der Waals surface area contributed by atoms with Crippen molar-refractivity contribution in [3.63, 3.8) is 0 Å². The average Bonchev–Trinajstić information content (AvgIpc) is 2.81. The number of halogens is 1. The molecule has 2 aromatic rings. The highest BCUT2D eigenvalue weighted by Crippen LogP contribution is 2.08. The Kier molecular flexibility index (Phi) is 3.82. The number of alkyl halides is 1. The summed E-state index contributed by atoms with van der Waals surface area (Å²) < 4.78 is 1.57. The minimum Gasteiger partial charge on any atom is -0.208 e. The maximum atomic E-state index is 4.23. The lowest BCUT2D eigenvalue weighted by Gasteiger charge is -2.02. The maximum Gasteiger partial charge on any atom is 0.141 e. The first-order valence-corrected chi connectivity index (χ1v) is 6.05. The molecule has 0 atom stereocenters. The van der Waals surface area contributed by atoms with E-state index in [2.05, 4.69) is 37.3 Å². The molecule has 0 aliphatic carbocycles. The second-order valence-electron chi connectivity index (χ2n) is 3.22. The summed E-state index contributed by atoms with van der Waals surface area (Å²) in [4.78, 5) is 0. The van der Waals surface area contributed by atoms with Gasteiger partial charge in [0.1, 0.15) is 12.7 Å². The first-order valence-electron chi connectivity index (χ1n) is 4.93. The second kappa shape index (κ2) is 5.55. The third-order valence-electron chi connectivity index (χ3n) is 2.16. The standard InChI is InChI=1S/C11H11BrN4/c12-6-5-10-3-1-2-4-11(10)7-15-16-8-13-14-9-16/h1-4,7-9H,5-6H2/b15-7-. The van der Waals surface area contributed by atoms with Crippen molar-refractivity contribution in [3.8, 4) is 0 Å². The molecular formula is C11H11BrN4. The Labute approximate surface area is 102 Å². The van der Waals surface area contributed by atoms with Gasteiger partial charge in [-0.1, -0.05) is 40.2 Å². The van der Waals surface area contributed by atoms with Crippen LogP contribution in [0.2, 0.25) is 0 Å². The molecule has 0 aliphatic heterocycles. The number of nitrogens with zero attached hydrogens (tertiary/aromatic N) is 4. The van der Waals surface area contributed by atoms with Crippen LogP contribution in [0.25, 0.3) is 0 Å². The molecule has 1 heterocycles. The maximum absolute atomic E-state index is 4.23. The van der Waals surface area contributed by atoms with Crippen molar-refractivity contribution in [1.29, 1.82) is 0 Å². The molecule has 0 fully saturated rings. The zero-order valence-electron chi connectivity index (χ0n) is 8.62. The Morgan fingerprint density at radius 1 is 1.25 bits per heavy atom. The van der Waals surface area contributed by atoms with Gasteiger partial charge in [0, 0.05) is 5.33 Å². The van der Waals surface area contributed by atoms with Gasteiger partial charge in [0.25, 0.3) is 0 Å². The van der Waals surface area contributed by atoms with Crippen molar-refractivity contribution in [3.05, 3.63) is 48.0 Å². The van der Waals surface area contributed by atoms with E-state index < -0.39 is 0 Å². The van der Waals surface area contributed by atoms with E-state index >= 15 is 0 Å². The number of hydrogen-bond donors (Lipinski definition) is 0. The van der Waals surface area contributed by atoms with Crippen LogP contribution in [-0.2, 0) is 6.42 Å². The molecule has 1 aromatic heterocycles. The fourth-order valence-electron chi connectivity index (χ4n) is 1.37.